The van der Waals surface area contributed by atoms with Gasteiger partial charge in [-0.2, -0.15) is 0 Å². The van der Waals surface area contributed by atoms with Gasteiger partial charge in [-0.05, 0) is 25.1 Å². The second-order valence-electron chi connectivity index (χ2n) is 4.13. The summed E-state index contributed by atoms with van der Waals surface area (Å²) >= 11 is 3.35. The Labute approximate surface area is 102 Å². The van der Waals surface area contributed by atoms with Crippen molar-refractivity contribution < 1.29 is 4.39 Å². The van der Waals surface area contributed by atoms with Crippen molar-refractivity contribution in [1.82, 2.24) is 4.90 Å². The van der Waals surface area contributed by atoms with Gasteiger partial charge in [-0.1, -0.05) is 15.9 Å². The Balaban J connectivity index is 2.49. The molecule has 1 heterocycles. The fraction of sp³-hybridized carbons (Fsp3) is 0.364. The number of nitrogens with zero attached hydrogens (tertiary/aromatic N) is 2. The van der Waals surface area contributed by atoms with E-state index in [1.54, 1.807) is 17.0 Å². The highest BCUT2D eigenvalue weighted by atomic mass is 79.9. The summed E-state index contributed by atoms with van der Waals surface area (Å²) in [4.78, 5) is 5.96. The number of benzene rings is 1. The van der Waals surface area contributed by atoms with Crippen LogP contribution in [0.5, 0.6) is 0 Å². The van der Waals surface area contributed by atoms with Crippen LogP contribution in [-0.4, -0.2) is 24.5 Å². The monoisotopic (exact) mass is 285 g/mol. The number of likely N-dealkylation sites (N-methyl/N-ethyl adjacent to an activating group) is 1. The molecular weight excluding hydrogens is 273 g/mol. The van der Waals surface area contributed by atoms with Crippen molar-refractivity contribution in [3.63, 3.8) is 0 Å². The van der Waals surface area contributed by atoms with Crippen molar-refractivity contribution >= 4 is 21.9 Å². The molecule has 1 aliphatic heterocycles. The van der Waals surface area contributed by atoms with E-state index in [4.69, 9.17) is 5.73 Å². The molecule has 0 aliphatic carbocycles. The van der Waals surface area contributed by atoms with E-state index in [9.17, 15) is 4.39 Å². The molecule has 0 spiro atoms. The van der Waals surface area contributed by atoms with E-state index in [-0.39, 0.29) is 5.82 Å². The van der Waals surface area contributed by atoms with E-state index in [1.165, 1.54) is 6.07 Å². The Hall–Kier alpha value is -1.10. The minimum absolute atomic E-state index is 0.234. The van der Waals surface area contributed by atoms with Crippen LogP contribution in [0, 0.1) is 5.82 Å². The summed E-state index contributed by atoms with van der Waals surface area (Å²) < 4.78 is 14.7. The van der Waals surface area contributed by atoms with Crippen molar-refractivity contribution in [2.45, 2.75) is 12.5 Å². The van der Waals surface area contributed by atoms with Crippen LogP contribution in [-0.2, 0) is 5.54 Å². The summed E-state index contributed by atoms with van der Waals surface area (Å²) in [6.45, 7) is 2.41. The lowest BCUT2D eigenvalue weighted by Gasteiger charge is -2.33. The van der Waals surface area contributed by atoms with Gasteiger partial charge in [0.25, 0.3) is 0 Å². The van der Waals surface area contributed by atoms with E-state index < -0.39 is 5.54 Å². The maximum absolute atomic E-state index is 13.8. The molecule has 16 heavy (non-hydrogen) atoms. The molecule has 0 saturated carbocycles. The van der Waals surface area contributed by atoms with Crippen LogP contribution in [0.25, 0.3) is 0 Å². The third-order valence-electron chi connectivity index (χ3n) is 3.14. The lowest BCUT2D eigenvalue weighted by atomic mass is 9.91. The van der Waals surface area contributed by atoms with E-state index >= 15 is 0 Å². The molecule has 86 valence electrons. The summed E-state index contributed by atoms with van der Waals surface area (Å²) in [6.07, 6.45) is 0. The third-order valence-corrected chi connectivity index (χ3v) is 3.63. The summed E-state index contributed by atoms with van der Waals surface area (Å²) in [6, 6.07) is 4.91. The lowest BCUT2D eigenvalue weighted by Crippen LogP contribution is -2.45. The highest BCUT2D eigenvalue weighted by Gasteiger charge is 2.39. The predicted octanol–water partition coefficient (Wildman–Crippen LogP) is 2.06. The molecule has 2 rings (SSSR count). The summed E-state index contributed by atoms with van der Waals surface area (Å²) in [5.74, 6) is 0.212. The van der Waals surface area contributed by atoms with Gasteiger partial charge >= 0.3 is 0 Å². The van der Waals surface area contributed by atoms with Gasteiger partial charge in [-0.3, -0.25) is 4.99 Å². The molecule has 2 N–H and O–H groups in total. The van der Waals surface area contributed by atoms with Crippen LogP contribution in [0.15, 0.2) is 27.7 Å². The molecule has 0 aromatic heterocycles. The van der Waals surface area contributed by atoms with Gasteiger partial charge < -0.3 is 10.6 Å². The Bertz CT molecular complexity index is 461. The maximum atomic E-state index is 13.8. The topological polar surface area (TPSA) is 41.6 Å². The van der Waals surface area contributed by atoms with Crippen molar-refractivity contribution in [2.75, 3.05) is 13.6 Å². The number of hydrogen-bond donors (Lipinski definition) is 1. The molecular formula is C11H13BrFN3. The highest BCUT2D eigenvalue weighted by Crippen LogP contribution is 2.34. The second kappa shape index (κ2) is 3.73. The Morgan fingerprint density at radius 2 is 2.25 bits per heavy atom. The Kier molecular flexibility index (Phi) is 2.66. The van der Waals surface area contributed by atoms with Crippen LogP contribution < -0.4 is 5.73 Å². The van der Waals surface area contributed by atoms with Gasteiger partial charge in [0.1, 0.15) is 5.82 Å². The van der Waals surface area contributed by atoms with Gasteiger partial charge in [0, 0.05) is 17.1 Å². The van der Waals surface area contributed by atoms with Crippen molar-refractivity contribution in [3.8, 4) is 0 Å². The number of rotatable bonds is 1. The van der Waals surface area contributed by atoms with Crippen molar-refractivity contribution in [2.24, 2.45) is 10.7 Å². The predicted molar refractivity (Wildman–Crippen MR) is 65.7 cm³/mol. The minimum atomic E-state index is -0.502. The average molecular weight is 286 g/mol. The molecule has 0 amide bonds. The van der Waals surface area contributed by atoms with Crippen molar-refractivity contribution in [3.05, 3.63) is 34.1 Å². The average Bonchev–Trinajstić information content (AvgIpc) is 2.51. The molecule has 0 saturated heterocycles. The van der Waals surface area contributed by atoms with Gasteiger partial charge in [-0.15, -0.1) is 0 Å². The smallest absolute Gasteiger partial charge is 0.191 e. The number of halogens is 2. The number of nitrogens with two attached hydrogens (primary N) is 1. The van der Waals surface area contributed by atoms with Crippen LogP contribution >= 0.6 is 15.9 Å². The summed E-state index contributed by atoms with van der Waals surface area (Å²) in [5, 5.41) is 0. The first-order chi connectivity index (χ1) is 7.45. The number of hydrogen-bond acceptors (Lipinski definition) is 3. The number of guanidine groups is 1. The minimum Gasteiger partial charge on any atom is -0.370 e. The second-order valence-corrected chi connectivity index (χ2v) is 5.05. The molecule has 1 unspecified atom stereocenters. The Morgan fingerprint density at radius 3 is 2.81 bits per heavy atom. The van der Waals surface area contributed by atoms with Gasteiger partial charge in [-0.25, -0.2) is 4.39 Å². The maximum Gasteiger partial charge on any atom is 0.191 e. The van der Waals surface area contributed by atoms with Crippen LogP contribution in [0.4, 0.5) is 4.39 Å². The van der Waals surface area contributed by atoms with Crippen LogP contribution in [0.2, 0.25) is 0 Å². The third kappa shape index (κ3) is 1.59. The number of aliphatic imine (C=N–C) groups is 1. The SMILES string of the molecule is CN1C(N)=NCC1(C)c1cc(Br)ccc1F. The Morgan fingerprint density at radius 1 is 1.56 bits per heavy atom. The first-order valence-electron chi connectivity index (χ1n) is 4.94. The fourth-order valence-electron chi connectivity index (χ4n) is 1.88. The quantitative estimate of drug-likeness (QED) is 0.858. The van der Waals surface area contributed by atoms with Crippen LogP contribution in [0.3, 0.4) is 0 Å². The van der Waals surface area contributed by atoms with Gasteiger partial charge in [0.2, 0.25) is 0 Å². The van der Waals surface area contributed by atoms with Gasteiger partial charge in [0.05, 0.1) is 12.1 Å². The molecule has 1 atom stereocenters. The van der Waals surface area contributed by atoms with Crippen LogP contribution in [0.1, 0.15) is 12.5 Å². The molecule has 5 heteroatoms. The van der Waals surface area contributed by atoms with Crippen molar-refractivity contribution in [1.29, 1.82) is 0 Å². The molecule has 0 bridgehead atoms. The molecule has 1 aromatic carbocycles. The molecule has 0 fully saturated rings. The zero-order valence-electron chi connectivity index (χ0n) is 9.17. The largest absolute Gasteiger partial charge is 0.370 e. The first kappa shape index (κ1) is 11.4. The molecule has 1 aromatic rings. The van der Waals surface area contributed by atoms with Gasteiger partial charge in [0.15, 0.2) is 5.96 Å². The molecule has 1 aliphatic rings. The van der Waals surface area contributed by atoms with E-state index in [0.717, 1.165) is 4.47 Å². The molecule has 3 nitrogen and oxygen atoms in total. The normalized spacial score (nSPS) is 24.8. The summed E-state index contributed by atoms with van der Waals surface area (Å²) in [7, 11) is 1.83. The lowest BCUT2D eigenvalue weighted by molar-refractivity contribution is 0.258. The van der Waals surface area contributed by atoms with E-state index in [1.807, 2.05) is 14.0 Å². The zero-order valence-corrected chi connectivity index (χ0v) is 10.8. The fourth-order valence-corrected chi connectivity index (χ4v) is 2.24. The first-order valence-corrected chi connectivity index (χ1v) is 5.74. The molecule has 0 radical (unpaired) electrons. The summed E-state index contributed by atoms with van der Waals surface area (Å²) in [5.41, 5.74) is 5.82. The zero-order chi connectivity index (χ0) is 11.9. The highest BCUT2D eigenvalue weighted by molar-refractivity contribution is 9.10. The standard InChI is InChI=1S/C11H13BrFN3/c1-11(6-15-10(14)16(11)2)8-5-7(12)3-4-9(8)13/h3-5H,6H2,1-2H3,(H2,14,15). The van der Waals surface area contributed by atoms with E-state index in [2.05, 4.69) is 20.9 Å². The van der Waals surface area contributed by atoms with E-state index in [0.29, 0.717) is 18.1 Å².